The van der Waals surface area contributed by atoms with Crippen molar-refractivity contribution in [3.8, 4) is 5.75 Å². The van der Waals surface area contributed by atoms with Crippen molar-refractivity contribution in [3.63, 3.8) is 0 Å². The molecule has 29 heavy (non-hydrogen) atoms. The Morgan fingerprint density at radius 1 is 1.17 bits per heavy atom. The Balaban J connectivity index is 1.69. The average molecular weight is 402 g/mol. The summed E-state index contributed by atoms with van der Waals surface area (Å²) in [7, 11) is 0. The minimum atomic E-state index is -1.01. The number of rotatable bonds is 2. The van der Waals surface area contributed by atoms with E-state index < -0.39 is 12.2 Å². The minimum absolute atomic E-state index is 0.0232. The van der Waals surface area contributed by atoms with Gasteiger partial charge in [-0.25, -0.2) is 0 Å². The fourth-order valence-electron chi connectivity index (χ4n) is 3.56. The van der Waals surface area contributed by atoms with Crippen molar-refractivity contribution in [2.45, 2.75) is 57.8 Å². The van der Waals surface area contributed by atoms with Crippen molar-refractivity contribution >= 4 is 5.91 Å². The molecule has 0 bridgehead atoms. The van der Waals surface area contributed by atoms with Crippen LogP contribution >= 0.6 is 0 Å². The van der Waals surface area contributed by atoms with Crippen molar-refractivity contribution in [1.82, 2.24) is 14.7 Å². The molecule has 1 amide bonds. The lowest BCUT2D eigenvalue weighted by molar-refractivity contribution is -0.0153. The molecule has 1 aliphatic rings. The summed E-state index contributed by atoms with van der Waals surface area (Å²) in [5, 5.41) is 24.8. The highest BCUT2D eigenvalue weighted by atomic mass is 16.5. The molecular weight excluding hydrogens is 370 g/mol. The molecule has 0 aliphatic carbocycles. The van der Waals surface area contributed by atoms with Crippen molar-refractivity contribution < 1.29 is 19.7 Å². The molecule has 2 atom stereocenters. The SMILES string of the molecule is CCn1cc(C(=O)N2CCCCCc3ccccc3OC[C@@H](O)[C@@H](O)CC2)cn1. The number of aromatic nitrogens is 2. The molecule has 2 heterocycles. The highest BCUT2D eigenvalue weighted by Gasteiger charge is 2.22. The standard InChI is InChI=1S/C22H31N3O4/c1-2-25-15-18(14-23-25)22(28)24-12-7-3-4-8-17-9-5-6-10-21(17)29-16-20(27)19(26)11-13-24/h5-6,9-10,14-15,19-20,26-27H,2-4,7-8,11-13,16H2,1H3/t19-,20+/m0/s1. The van der Waals surface area contributed by atoms with Crippen LogP contribution in [0.3, 0.4) is 0 Å². The summed E-state index contributed by atoms with van der Waals surface area (Å²) in [5.41, 5.74) is 1.66. The Morgan fingerprint density at radius 3 is 2.79 bits per heavy atom. The van der Waals surface area contributed by atoms with E-state index in [0.29, 0.717) is 31.6 Å². The van der Waals surface area contributed by atoms with E-state index in [1.807, 2.05) is 31.2 Å². The summed E-state index contributed by atoms with van der Waals surface area (Å²) >= 11 is 0. The number of hydrogen-bond donors (Lipinski definition) is 2. The first-order valence-corrected chi connectivity index (χ1v) is 10.5. The van der Waals surface area contributed by atoms with Crippen LogP contribution in [0, 0.1) is 0 Å². The third-order valence-corrected chi connectivity index (χ3v) is 5.39. The number of fused-ring (bicyclic) bond motifs is 1. The van der Waals surface area contributed by atoms with Gasteiger partial charge in [0.15, 0.2) is 0 Å². The summed E-state index contributed by atoms with van der Waals surface area (Å²) in [4.78, 5) is 14.7. The molecule has 0 radical (unpaired) electrons. The first kappa shape index (κ1) is 21.3. The number of hydrogen-bond acceptors (Lipinski definition) is 5. The molecule has 1 aliphatic heterocycles. The van der Waals surface area contributed by atoms with Gasteiger partial charge in [-0.05, 0) is 44.2 Å². The van der Waals surface area contributed by atoms with Gasteiger partial charge >= 0.3 is 0 Å². The Kier molecular flexibility index (Phi) is 7.66. The van der Waals surface area contributed by atoms with E-state index in [4.69, 9.17) is 4.74 Å². The highest BCUT2D eigenvalue weighted by Crippen LogP contribution is 2.21. The topological polar surface area (TPSA) is 87.8 Å². The Morgan fingerprint density at radius 2 is 2.00 bits per heavy atom. The smallest absolute Gasteiger partial charge is 0.257 e. The average Bonchev–Trinajstić information content (AvgIpc) is 3.22. The summed E-state index contributed by atoms with van der Waals surface area (Å²) in [6, 6.07) is 7.82. The maximum Gasteiger partial charge on any atom is 0.257 e. The number of ether oxygens (including phenoxy) is 1. The van der Waals surface area contributed by atoms with Crippen LogP contribution in [0.2, 0.25) is 0 Å². The first-order valence-electron chi connectivity index (χ1n) is 10.5. The van der Waals surface area contributed by atoms with Crippen molar-refractivity contribution in [3.05, 3.63) is 47.8 Å². The van der Waals surface area contributed by atoms with Gasteiger partial charge in [0.25, 0.3) is 5.91 Å². The number of para-hydroxylation sites is 1. The summed E-state index contributed by atoms with van der Waals surface area (Å²) in [6.07, 6.45) is 5.43. The summed E-state index contributed by atoms with van der Waals surface area (Å²) in [6.45, 7) is 3.71. The van der Waals surface area contributed by atoms with Crippen LogP contribution in [0.4, 0.5) is 0 Å². The molecule has 2 N–H and O–H groups in total. The number of nitrogens with zero attached hydrogens (tertiary/aromatic N) is 3. The molecule has 1 aromatic heterocycles. The molecular formula is C22H31N3O4. The predicted molar refractivity (Wildman–Crippen MR) is 110 cm³/mol. The second-order valence-corrected chi connectivity index (χ2v) is 7.53. The van der Waals surface area contributed by atoms with E-state index >= 15 is 0 Å². The summed E-state index contributed by atoms with van der Waals surface area (Å²) < 4.78 is 7.50. The predicted octanol–water partition coefficient (Wildman–Crippen LogP) is 2.26. The zero-order valence-electron chi connectivity index (χ0n) is 17.0. The quantitative estimate of drug-likeness (QED) is 0.806. The lowest BCUT2D eigenvalue weighted by Gasteiger charge is -2.26. The molecule has 0 saturated heterocycles. The molecule has 158 valence electrons. The number of amides is 1. The van der Waals surface area contributed by atoms with Crippen LogP contribution in [0.25, 0.3) is 0 Å². The lowest BCUT2D eigenvalue weighted by Crippen LogP contribution is -2.38. The van der Waals surface area contributed by atoms with Gasteiger partial charge in [0.2, 0.25) is 0 Å². The van der Waals surface area contributed by atoms with E-state index in [1.165, 1.54) is 0 Å². The largest absolute Gasteiger partial charge is 0.491 e. The van der Waals surface area contributed by atoms with E-state index in [9.17, 15) is 15.0 Å². The third kappa shape index (κ3) is 5.81. The Hall–Kier alpha value is -2.38. The van der Waals surface area contributed by atoms with Gasteiger partial charge in [-0.1, -0.05) is 24.6 Å². The molecule has 7 heteroatoms. The summed E-state index contributed by atoms with van der Waals surface area (Å²) in [5.74, 6) is 0.681. The maximum absolute atomic E-state index is 12.9. The van der Waals surface area contributed by atoms with E-state index in [0.717, 1.165) is 37.0 Å². The van der Waals surface area contributed by atoms with Gasteiger partial charge < -0.3 is 19.8 Å². The lowest BCUT2D eigenvalue weighted by atomic mass is 10.0. The Bertz CT molecular complexity index is 792. The van der Waals surface area contributed by atoms with E-state index in [2.05, 4.69) is 5.10 Å². The number of carbonyl (C=O) groups excluding carboxylic acids is 1. The second-order valence-electron chi connectivity index (χ2n) is 7.53. The van der Waals surface area contributed by atoms with Gasteiger partial charge in [-0.2, -0.15) is 5.10 Å². The molecule has 0 spiro atoms. The zero-order valence-corrected chi connectivity index (χ0v) is 17.0. The second kappa shape index (κ2) is 10.4. The number of carbonyl (C=O) groups is 1. The fourth-order valence-corrected chi connectivity index (χ4v) is 3.56. The first-order chi connectivity index (χ1) is 14.1. The van der Waals surface area contributed by atoms with Crippen molar-refractivity contribution in [1.29, 1.82) is 0 Å². The number of aryl methyl sites for hydroxylation is 2. The molecule has 2 aromatic rings. The molecule has 1 aromatic carbocycles. The van der Waals surface area contributed by atoms with Crippen molar-refractivity contribution in [2.75, 3.05) is 19.7 Å². The van der Waals surface area contributed by atoms with Crippen molar-refractivity contribution in [2.24, 2.45) is 0 Å². The van der Waals surface area contributed by atoms with Crippen LogP contribution in [0.1, 0.15) is 48.5 Å². The van der Waals surface area contributed by atoms with Crippen LogP contribution in [0.5, 0.6) is 5.75 Å². The van der Waals surface area contributed by atoms with Crippen LogP contribution in [-0.4, -0.2) is 62.7 Å². The fraction of sp³-hybridized carbons (Fsp3) is 0.545. The van der Waals surface area contributed by atoms with Gasteiger partial charge in [-0.15, -0.1) is 0 Å². The van der Waals surface area contributed by atoms with Crippen LogP contribution in [0.15, 0.2) is 36.7 Å². The van der Waals surface area contributed by atoms with Crippen LogP contribution in [-0.2, 0) is 13.0 Å². The number of aliphatic hydroxyl groups excluding tert-OH is 2. The van der Waals surface area contributed by atoms with Gasteiger partial charge in [0.1, 0.15) is 18.5 Å². The van der Waals surface area contributed by atoms with E-state index in [1.54, 1.807) is 22.0 Å². The van der Waals surface area contributed by atoms with Gasteiger partial charge in [0.05, 0.1) is 17.9 Å². The van der Waals surface area contributed by atoms with Gasteiger partial charge in [0, 0.05) is 25.8 Å². The normalized spacial score (nSPS) is 21.7. The Labute approximate surface area is 171 Å². The maximum atomic E-state index is 12.9. The molecule has 0 fully saturated rings. The van der Waals surface area contributed by atoms with Gasteiger partial charge in [-0.3, -0.25) is 9.48 Å². The monoisotopic (exact) mass is 401 g/mol. The van der Waals surface area contributed by atoms with E-state index in [-0.39, 0.29) is 12.5 Å². The minimum Gasteiger partial charge on any atom is -0.491 e. The molecule has 7 nitrogen and oxygen atoms in total. The number of aliphatic hydroxyl groups is 2. The molecule has 0 saturated carbocycles. The molecule has 3 rings (SSSR count). The number of benzene rings is 1. The van der Waals surface area contributed by atoms with Crippen LogP contribution < -0.4 is 4.74 Å². The highest BCUT2D eigenvalue weighted by molar-refractivity contribution is 5.93. The zero-order chi connectivity index (χ0) is 20.6. The molecule has 0 unspecified atom stereocenters. The third-order valence-electron chi connectivity index (χ3n) is 5.39.